The largest absolute Gasteiger partial charge is 0.394 e. The van der Waals surface area contributed by atoms with Crippen LogP contribution < -0.4 is 5.32 Å². The summed E-state index contributed by atoms with van der Waals surface area (Å²) in [7, 11) is 3.35. The second-order valence-corrected chi connectivity index (χ2v) is 6.01. The third-order valence-electron chi connectivity index (χ3n) is 4.20. The Balaban J connectivity index is 2.02. The number of rotatable bonds is 8. The third kappa shape index (κ3) is 4.75. The first-order valence-corrected chi connectivity index (χ1v) is 8.01. The molecule has 1 aliphatic heterocycles. The fraction of sp³-hybridized carbons (Fsp3) is 0.588. The van der Waals surface area contributed by atoms with E-state index in [1.807, 2.05) is 42.3 Å². The first-order chi connectivity index (χ1) is 11.6. The molecule has 4 unspecified atom stereocenters. The van der Waals surface area contributed by atoms with E-state index in [9.17, 15) is 15.0 Å². The van der Waals surface area contributed by atoms with Gasteiger partial charge in [0.1, 0.15) is 18.8 Å². The van der Waals surface area contributed by atoms with Gasteiger partial charge in [0.05, 0.1) is 18.8 Å². The van der Waals surface area contributed by atoms with Crippen molar-refractivity contribution in [1.82, 2.24) is 10.2 Å². The number of benzene rings is 1. The normalized spacial score (nSPS) is 26.7. The summed E-state index contributed by atoms with van der Waals surface area (Å²) in [6.07, 6.45) is -1.89. The molecule has 1 fully saturated rings. The van der Waals surface area contributed by atoms with Gasteiger partial charge in [-0.25, -0.2) is 0 Å². The van der Waals surface area contributed by atoms with E-state index >= 15 is 0 Å². The molecule has 7 nitrogen and oxygen atoms in total. The smallest absolute Gasteiger partial charge is 0.246 e. The van der Waals surface area contributed by atoms with Crippen molar-refractivity contribution in [3.8, 4) is 0 Å². The molecule has 1 amide bonds. The summed E-state index contributed by atoms with van der Waals surface area (Å²) in [5, 5.41) is 22.6. The molecular weight excluding hydrogens is 312 g/mol. The van der Waals surface area contributed by atoms with Crippen molar-refractivity contribution < 1.29 is 24.5 Å². The van der Waals surface area contributed by atoms with Gasteiger partial charge >= 0.3 is 0 Å². The minimum absolute atomic E-state index is 0.0246. The zero-order chi connectivity index (χ0) is 17.5. The van der Waals surface area contributed by atoms with E-state index in [2.05, 4.69) is 5.32 Å². The van der Waals surface area contributed by atoms with Crippen molar-refractivity contribution >= 4 is 5.91 Å². The molecule has 0 bridgehead atoms. The van der Waals surface area contributed by atoms with Crippen LogP contribution in [0.15, 0.2) is 30.3 Å². The van der Waals surface area contributed by atoms with Crippen molar-refractivity contribution in [2.75, 3.05) is 33.9 Å². The molecule has 0 aromatic heterocycles. The Labute approximate surface area is 142 Å². The van der Waals surface area contributed by atoms with E-state index in [0.29, 0.717) is 6.54 Å². The highest BCUT2D eigenvalue weighted by Gasteiger charge is 2.45. The van der Waals surface area contributed by atoms with Gasteiger partial charge in [0.25, 0.3) is 0 Å². The summed E-state index contributed by atoms with van der Waals surface area (Å²) in [6.45, 7) is 0.592. The van der Waals surface area contributed by atoms with Crippen LogP contribution in [0.1, 0.15) is 5.56 Å². The van der Waals surface area contributed by atoms with Gasteiger partial charge in [0, 0.05) is 20.2 Å². The van der Waals surface area contributed by atoms with Crippen molar-refractivity contribution in [3.63, 3.8) is 0 Å². The van der Waals surface area contributed by atoms with Crippen molar-refractivity contribution in [2.45, 2.75) is 30.9 Å². The van der Waals surface area contributed by atoms with E-state index in [0.717, 1.165) is 5.56 Å². The average Bonchev–Trinajstić information content (AvgIpc) is 2.90. The SMILES string of the molecule is COCC(=O)NCC1OC(CO)C(O)C1N(C)Cc1ccccc1. The van der Waals surface area contributed by atoms with E-state index in [1.165, 1.54) is 7.11 Å². The lowest BCUT2D eigenvalue weighted by molar-refractivity contribution is -0.125. The number of carbonyl (C=O) groups is 1. The van der Waals surface area contributed by atoms with Gasteiger partial charge in [0.2, 0.25) is 5.91 Å². The van der Waals surface area contributed by atoms with E-state index in [4.69, 9.17) is 9.47 Å². The number of likely N-dealkylation sites (N-methyl/N-ethyl adjacent to an activating group) is 1. The van der Waals surface area contributed by atoms with Crippen LogP contribution in [0.25, 0.3) is 0 Å². The van der Waals surface area contributed by atoms with Gasteiger partial charge in [-0.3, -0.25) is 9.69 Å². The molecule has 4 atom stereocenters. The standard InChI is InChI=1S/C17H26N2O5/c1-19(9-12-6-4-3-5-7-12)16-13(8-18-15(21)11-23-2)24-14(10-20)17(16)22/h3-7,13-14,16-17,20,22H,8-11H2,1-2H3,(H,18,21). The Bertz CT molecular complexity index is 513. The molecular formula is C17H26N2O5. The zero-order valence-electron chi connectivity index (χ0n) is 14.1. The van der Waals surface area contributed by atoms with Gasteiger partial charge in [-0.1, -0.05) is 30.3 Å². The molecule has 3 N–H and O–H groups in total. The second-order valence-electron chi connectivity index (χ2n) is 6.01. The summed E-state index contributed by atoms with van der Waals surface area (Å²) in [5.74, 6) is -0.243. The Kier molecular flexibility index (Phi) is 7.14. The van der Waals surface area contributed by atoms with E-state index < -0.39 is 18.3 Å². The molecule has 0 saturated carbocycles. The quantitative estimate of drug-likeness (QED) is 0.585. The number of methoxy groups -OCH3 is 1. The lowest BCUT2D eigenvalue weighted by Crippen LogP contribution is -2.49. The number of nitrogens with one attached hydrogen (secondary N) is 1. The molecule has 1 saturated heterocycles. The number of hydrogen-bond acceptors (Lipinski definition) is 6. The van der Waals surface area contributed by atoms with Gasteiger partial charge in [0.15, 0.2) is 0 Å². The van der Waals surface area contributed by atoms with Crippen LogP contribution in [0.2, 0.25) is 0 Å². The molecule has 0 radical (unpaired) electrons. The molecule has 134 valence electrons. The minimum atomic E-state index is -0.826. The maximum Gasteiger partial charge on any atom is 0.246 e. The molecule has 2 rings (SSSR count). The molecule has 1 aromatic rings. The number of carbonyl (C=O) groups excluding carboxylic acids is 1. The Morgan fingerprint density at radius 3 is 2.67 bits per heavy atom. The number of hydrogen-bond donors (Lipinski definition) is 3. The van der Waals surface area contributed by atoms with Crippen LogP contribution in [0.4, 0.5) is 0 Å². The number of amides is 1. The molecule has 24 heavy (non-hydrogen) atoms. The van der Waals surface area contributed by atoms with Gasteiger partial charge in [-0.2, -0.15) is 0 Å². The maximum absolute atomic E-state index is 11.6. The Hall–Kier alpha value is -1.51. The van der Waals surface area contributed by atoms with E-state index in [1.54, 1.807) is 0 Å². The average molecular weight is 338 g/mol. The highest BCUT2D eigenvalue weighted by Crippen LogP contribution is 2.26. The first kappa shape index (κ1) is 18.8. The predicted molar refractivity (Wildman–Crippen MR) is 88.3 cm³/mol. The molecule has 1 aliphatic rings. The highest BCUT2D eigenvalue weighted by molar-refractivity contribution is 5.77. The molecule has 1 heterocycles. The molecule has 0 spiro atoms. The van der Waals surface area contributed by atoms with Crippen LogP contribution in [0, 0.1) is 0 Å². The summed E-state index contributed by atoms with van der Waals surface area (Å²) in [4.78, 5) is 13.6. The molecule has 1 aromatic carbocycles. The van der Waals surface area contributed by atoms with Crippen molar-refractivity contribution in [3.05, 3.63) is 35.9 Å². The second kappa shape index (κ2) is 9.10. The summed E-state index contributed by atoms with van der Waals surface area (Å²) in [6, 6.07) is 9.57. The monoisotopic (exact) mass is 338 g/mol. The number of aliphatic hydroxyl groups excluding tert-OH is 2. The van der Waals surface area contributed by atoms with Gasteiger partial charge in [-0.15, -0.1) is 0 Å². The first-order valence-electron chi connectivity index (χ1n) is 8.01. The third-order valence-corrected chi connectivity index (χ3v) is 4.20. The predicted octanol–water partition coefficient (Wildman–Crippen LogP) is -0.630. The topological polar surface area (TPSA) is 91.3 Å². The van der Waals surface area contributed by atoms with Crippen LogP contribution >= 0.6 is 0 Å². The Morgan fingerprint density at radius 1 is 1.33 bits per heavy atom. The lowest BCUT2D eigenvalue weighted by atomic mass is 10.0. The van der Waals surface area contributed by atoms with Crippen LogP contribution in [-0.4, -0.2) is 79.3 Å². The van der Waals surface area contributed by atoms with Crippen molar-refractivity contribution in [1.29, 1.82) is 0 Å². The van der Waals surface area contributed by atoms with Crippen molar-refractivity contribution in [2.24, 2.45) is 0 Å². The minimum Gasteiger partial charge on any atom is -0.394 e. The zero-order valence-corrected chi connectivity index (χ0v) is 14.1. The number of ether oxygens (including phenoxy) is 2. The van der Waals surface area contributed by atoms with Crippen LogP contribution in [-0.2, 0) is 20.8 Å². The highest BCUT2D eigenvalue weighted by atomic mass is 16.5. The van der Waals surface area contributed by atoms with Crippen LogP contribution in [0.5, 0.6) is 0 Å². The Morgan fingerprint density at radius 2 is 2.04 bits per heavy atom. The fourth-order valence-electron chi connectivity index (χ4n) is 3.06. The molecule has 0 aliphatic carbocycles. The fourth-order valence-corrected chi connectivity index (χ4v) is 3.06. The van der Waals surface area contributed by atoms with E-state index in [-0.39, 0.29) is 31.7 Å². The lowest BCUT2D eigenvalue weighted by Gasteiger charge is -2.30. The maximum atomic E-state index is 11.6. The van der Waals surface area contributed by atoms with Crippen LogP contribution in [0.3, 0.4) is 0 Å². The summed E-state index contributed by atoms with van der Waals surface area (Å²) >= 11 is 0. The van der Waals surface area contributed by atoms with Gasteiger partial charge in [-0.05, 0) is 12.6 Å². The molecule has 7 heteroatoms. The number of aliphatic hydroxyl groups is 2. The summed E-state index contributed by atoms with van der Waals surface area (Å²) < 4.78 is 10.5. The number of nitrogens with zero attached hydrogens (tertiary/aromatic N) is 1. The summed E-state index contributed by atoms with van der Waals surface area (Å²) in [5.41, 5.74) is 1.11. The van der Waals surface area contributed by atoms with Gasteiger partial charge < -0.3 is 25.0 Å².